The normalized spacial score (nSPS) is 8.75. The molecule has 0 aliphatic heterocycles. The van der Waals surface area contributed by atoms with Gasteiger partial charge in [0.1, 0.15) is 0 Å². The third-order valence-corrected chi connectivity index (χ3v) is 2.06. The molecule has 0 radical (unpaired) electrons. The molecule has 24 heavy (non-hydrogen) atoms. The fraction of sp³-hybridized carbons (Fsp3) is 0.188. The van der Waals surface area contributed by atoms with E-state index in [1.807, 2.05) is 6.92 Å². The molecule has 8 heteroatoms. The molecule has 0 heterocycles. The van der Waals surface area contributed by atoms with E-state index in [1.165, 1.54) is 12.2 Å². The second-order valence-corrected chi connectivity index (χ2v) is 3.70. The molecule has 0 saturated carbocycles. The van der Waals surface area contributed by atoms with Crippen LogP contribution >= 0.6 is 0 Å². The van der Waals surface area contributed by atoms with Crippen LogP contribution in [0, 0.1) is 0 Å². The number of ether oxygens (including phenoxy) is 1. The van der Waals surface area contributed by atoms with Gasteiger partial charge in [0.2, 0.25) is 0 Å². The zero-order chi connectivity index (χ0) is 16.1. The van der Waals surface area contributed by atoms with E-state index in [1.54, 1.807) is 49.4 Å². The number of carboxylic acids is 1. The Morgan fingerprint density at radius 2 is 1.67 bits per heavy atom. The van der Waals surface area contributed by atoms with Gasteiger partial charge in [0.15, 0.2) is 0 Å². The van der Waals surface area contributed by atoms with Gasteiger partial charge in [-0.25, -0.2) is 9.59 Å². The van der Waals surface area contributed by atoms with Crippen molar-refractivity contribution in [1.29, 1.82) is 0 Å². The Kier molecular flexibility index (Phi) is 30.4. The van der Waals surface area contributed by atoms with Gasteiger partial charge < -0.3 is 9.84 Å². The van der Waals surface area contributed by atoms with Crippen molar-refractivity contribution in [3.8, 4) is 0 Å². The van der Waals surface area contributed by atoms with Gasteiger partial charge in [0, 0.05) is 12.5 Å². The maximum atomic E-state index is 10.7. The molecule has 1 aromatic rings. The van der Waals surface area contributed by atoms with E-state index in [-0.39, 0.29) is 125 Å². The summed E-state index contributed by atoms with van der Waals surface area (Å²) in [6, 6.07) is 8.30. The number of aromatic carboxylic acids is 1. The Labute approximate surface area is 237 Å². The second kappa shape index (κ2) is 22.2. The molecule has 0 amide bonds. The first kappa shape index (κ1) is 32.8. The van der Waals surface area contributed by atoms with E-state index in [0.29, 0.717) is 5.56 Å². The van der Waals surface area contributed by atoms with E-state index in [4.69, 9.17) is 5.11 Å². The second-order valence-electron chi connectivity index (χ2n) is 3.70. The number of carbonyl (C=O) groups excluding carboxylic acids is 2. The molecule has 0 fully saturated rings. The van der Waals surface area contributed by atoms with Crippen LogP contribution in [0.25, 0.3) is 0 Å². The maximum absolute atomic E-state index is 10.7. The molecule has 0 aliphatic carbocycles. The Bertz CT molecular complexity index is 533. The summed E-state index contributed by atoms with van der Waals surface area (Å²) in [6.07, 6.45) is 6.38. The summed E-state index contributed by atoms with van der Waals surface area (Å²) < 4.78 is 4.35. The summed E-state index contributed by atoms with van der Waals surface area (Å²) in [5.74, 6) is -2.01. The van der Waals surface area contributed by atoms with E-state index < -0.39 is 17.9 Å². The van der Waals surface area contributed by atoms with E-state index >= 15 is 0 Å². The minimum atomic E-state index is -0.879. The van der Waals surface area contributed by atoms with Crippen molar-refractivity contribution < 1.29 is 24.2 Å². The van der Waals surface area contributed by atoms with Gasteiger partial charge >= 0.3 is 137 Å². The van der Waals surface area contributed by atoms with Crippen LogP contribution in [0.2, 0.25) is 0 Å². The fourth-order valence-corrected chi connectivity index (χ4v) is 1.04. The van der Waals surface area contributed by atoms with Crippen molar-refractivity contribution in [3.05, 3.63) is 60.2 Å². The molecule has 0 aliphatic rings. The van der Waals surface area contributed by atoms with Crippen molar-refractivity contribution in [2.24, 2.45) is 0 Å². The van der Waals surface area contributed by atoms with E-state index in [2.05, 4.69) is 4.74 Å². The quantitative estimate of drug-likeness (QED) is 0.267. The molecule has 1 N–H and O–H groups in total. The first-order valence-electron chi connectivity index (χ1n) is 6.33. The first-order valence-corrected chi connectivity index (χ1v) is 6.33. The predicted octanol–water partition coefficient (Wildman–Crippen LogP) is 0.770. The van der Waals surface area contributed by atoms with Crippen LogP contribution < -0.4 is 0 Å². The van der Waals surface area contributed by atoms with Gasteiger partial charge in [-0.2, -0.15) is 0 Å². The summed E-state index contributed by atoms with van der Waals surface area (Å²) in [5.41, 5.74) is 0.331. The van der Waals surface area contributed by atoms with Crippen molar-refractivity contribution in [1.82, 2.24) is 0 Å². The number of allylic oxidation sites excluding steroid dienone is 3. The molecule has 0 atom stereocenters. The summed E-state index contributed by atoms with van der Waals surface area (Å²) in [6.45, 7) is 3.46. The first-order chi connectivity index (χ1) is 10.0. The molecule has 5 nitrogen and oxygen atoms in total. The molecule has 0 unspecified atom stereocenters. The number of esters is 2. The van der Waals surface area contributed by atoms with Crippen LogP contribution in [0.15, 0.2) is 54.6 Å². The molecule has 0 aromatic heterocycles. The number of hydrogen-bond acceptors (Lipinski definition) is 4. The van der Waals surface area contributed by atoms with Gasteiger partial charge in [0.25, 0.3) is 0 Å². The average molecular weight is 397 g/mol. The third-order valence-electron chi connectivity index (χ3n) is 2.06. The Morgan fingerprint density at radius 3 is 2.04 bits per heavy atom. The van der Waals surface area contributed by atoms with Gasteiger partial charge in [0.05, 0.1) is 5.56 Å². The van der Waals surface area contributed by atoms with Crippen LogP contribution in [0.1, 0.15) is 30.6 Å². The fourth-order valence-electron chi connectivity index (χ4n) is 1.04. The van der Waals surface area contributed by atoms with E-state index in [9.17, 15) is 14.4 Å². The summed E-state index contributed by atoms with van der Waals surface area (Å²) in [7, 11) is 0. The Balaban J connectivity index is -0.000000152. The van der Waals surface area contributed by atoms with Crippen LogP contribution in [0.4, 0.5) is 0 Å². The topological polar surface area (TPSA) is 80.7 Å². The number of rotatable bonds is 4. The van der Waals surface area contributed by atoms with Gasteiger partial charge in [-0.3, -0.25) is 4.79 Å². The van der Waals surface area contributed by atoms with Crippen LogP contribution in [-0.4, -0.2) is 142 Å². The van der Waals surface area contributed by atoms with Crippen LogP contribution in [0.5, 0.6) is 0 Å². The third kappa shape index (κ3) is 19.5. The molecule has 1 rings (SSSR count). The van der Waals surface area contributed by atoms with Crippen molar-refractivity contribution in [2.75, 3.05) is 0 Å². The van der Waals surface area contributed by atoms with Crippen LogP contribution in [0.3, 0.4) is 0 Å². The molecule has 1 aromatic carbocycles. The average Bonchev–Trinajstić information content (AvgIpc) is 2.49. The van der Waals surface area contributed by atoms with Gasteiger partial charge in [-0.05, 0) is 19.1 Å². The number of hydrogen-bond donors (Lipinski definition) is 1. The monoisotopic (exact) mass is 396 g/mol. The van der Waals surface area contributed by atoms with Crippen molar-refractivity contribution in [2.45, 2.75) is 20.3 Å². The molecular weight excluding hydrogens is 374 g/mol. The SMILES string of the molecule is C/C=C/C=C/C(=O)OC(=O)CC.O=C(O)c1ccccc1.[CaH2].[KH].[NaH]. The molecule has 0 bridgehead atoms. The van der Waals surface area contributed by atoms with Crippen LogP contribution in [-0.2, 0) is 14.3 Å². The Hall–Kier alpha value is 1.21. The molecular formula is C16H22CaKNaO5. The van der Waals surface area contributed by atoms with Gasteiger partial charge in [-0.15, -0.1) is 0 Å². The zero-order valence-corrected chi connectivity index (χ0v) is 12.0. The summed E-state index contributed by atoms with van der Waals surface area (Å²) >= 11 is 0. The number of carboxylic acid groups (broad SMARTS) is 1. The number of benzene rings is 1. The van der Waals surface area contributed by atoms with Crippen molar-refractivity contribution >= 4 is 137 Å². The standard InChI is InChI=1S/C9H12O3.C7H6O2.Ca.K.Na.4H/c1-3-5-6-7-9(11)12-8(10)4-2;8-7(9)6-4-2-1-3-5-6;;;;;;;/h3,5-7H,4H2,1-2H3;1-5H,(H,8,9);;;;;;;/b5-3+,7-6+;;;;;;;;. The predicted molar refractivity (Wildman–Crippen MR) is 102 cm³/mol. The van der Waals surface area contributed by atoms with E-state index in [0.717, 1.165) is 0 Å². The number of carbonyl (C=O) groups is 3. The Morgan fingerprint density at radius 1 is 1.12 bits per heavy atom. The van der Waals surface area contributed by atoms with Gasteiger partial charge in [-0.1, -0.05) is 43.4 Å². The molecule has 0 saturated heterocycles. The zero-order valence-electron chi connectivity index (χ0n) is 12.0. The molecule has 0 spiro atoms. The summed E-state index contributed by atoms with van der Waals surface area (Å²) in [5, 5.41) is 8.38. The summed E-state index contributed by atoms with van der Waals surface area (Å²) in [4.78, 5) is 31.5. The van der Waals surface area contributed by atoms with Crippen molar-refractivity contribution in [3.63, 3.8) is 0 Å². The minimum absolute atomic E-state index is 0. The molecule has 120 valence electrons.